The predicted octanol–water partition coefficient (Wildman–Crippen LogP) is 3.68. The van der Waals surface area contributed by atoms with Gasteiger partial charge in [0, 0.05) is 18.2 Å². The van der Waals surface area contributed by atoms with Crippen LogP contribution in [0.15, 0.2) is 60.8 Å². The summed E-state index contributed by atoms with van der Waals surface area (Å²) in [5, 5.41) is 5.62. The van der Waals surface area contributed by atoms with Crippen LogP contribution in [-0.2, 0) is 11.3 Å². The van der Waals surface area contributed by atoms with Crippen LogP contribution >= 0.6 is 0 Å². The molecule has 2 aliphatic rings. The van der Waals surface area contributed by atoms with Gasteiger partial charge in [-0.1, -0.05) is 18.2 Å². The zero-order valence-electron chi connectivity index (χ0n) is 21.6. The van der Waals surface area contributed by atoms with Crippen molar-refractivity contribution in [2.45, 2.75) is 51.2 Å². The van der Waals surface area contributed by atoms with Crippen LogP contribution in [0, 0.1) is 18.7 Å². The molecule has 0 radical (unpaired) electrons. The minimum atomic E-state index is -0.381. The Kier molecular flexibility index (Phi) is 7.19. The van der Waals surface area contributed by atoms with E-state index in [-0.39, 0.29) is 29.6 Å². The Morgan fingerprint density at radius 3 is 2.69 bits per heavy atom. The maximum absolute atomic E-state index is 14.3. The van der Waals surface area contributed by atoms with E-state index >= 15 is 0 Å². The third-order valence-corrected chi connectivity index (χ3v) is 9.58. The van der Waals surface area contributed by atoms with Crippen molar-refractivity contribution in [3.63, 3.8) is 0 Å². The fourth-order valence-electron chi connectivity index (χ4n) is 6.12. The van der Waals surface area contributed by atoms with Gasteiger partial charge in [0.2, 0.25) is 0 Å². The summed E-state index contributed by atoms with van der Waals surface area (Å²) < 4.78 is 16.3. The first-order valence-corrected chi connectivity index (χ1v) is 15.2. The molecule has 4 aromatic rings. The molecular formula is C29H28FN6O2Tl. The zero-order chi connectivity index (χ0) is 27.1. The number of rotatable bonds is 5. The van der Waals surface area contributed by atoms with Gasteiger partial charge in [0.1, 0.15) is 5.82 Å². The first-order valence-electron chi connectivity index (χ1n) is 13.2. The van der Waals surface area contributed by atoms with Gasteiger partial charge < -0.3 is 0 Å². The number of carbonyl (C=O) groups excluding carboxylic acids is 2. The van der Waals surface area contributed by atoms with Crippen LogP contribution in [0.1, 0.15) is 47.3 Å². The number of benzene rings is 2. The predicted molar refractivity (Wildman–Crippen MR) is 146 cm³/mol. The van der Waals surface area contributed by atoms with E-state index in [2.05, 4.69) is 20.7 Å². The number of aryl methyl sites for hydroxylation is 1. The van der Waals surface area contributed by atoms with Crippen molar-refractivity contribution in [1.29, 1.82) is 0 Å². The second kappa shape index (κ2) is 10.8. The average Bonchev–Trinajstić information content (AvgIpc) is 3.40. The molecule has 39 heavy (non-hydrogen) atoms. The summed E-state index contributed by atoms with van der Waals surface area (Å²) in [6.45, 7) is 2.43. The molecule has 2 aromatic heterocycles. The number of pyridine rings is 1. The van der Waals surface area contributed by atoms with E-state index in [0.717, 1.165) is 53.5 Å². The molecule has 2 amide bonds. The van der Waals surface area contributed by atoms with Crippen LogP contribution in [0.25, 0.3) is 22.2 Å². The fourth-order valence-corrected chi connectivity index (χ4v) is 7.44. The quantitative estimate of drug-likeness (QED) is 0.243. The minimum absolute atomic E-state index is 0.0309. The van der Waals surface area contributed by atoms with Gasteiger partial charge in [-0.15, -0.1) is 0 Å². The molecule has 8 nitrogen and oxygen atoms in total. The number of carbonyl (C=O) groups is 2. The molecule has 196 valence electrons. The van der Waals surface area contributed by atoms with E-state index in [1.54, 1.807) is 18.3 Å². The molecule has 2 aromatic carbocycles. The Bertz CT molecular complexity index is 1570. The topological polar surface area (TPSA) is 92.2 Å². The van der Waals surface area contributed by atoms with Crippen LogP contribution in [0.2, 0.25) is 0 Å². The summed E-state index contributed by atoms with van der Waals surface area (Å²) >= 11 is 0.469. The van der Waals surface area contributed by atoms with Crippen molar-refractivity contribution in [2.24, 2.45) is 5.92 Å². The number of amides is 2. The Morgan fingerprint density at radius 1 is 1.05 bits per heavy atom. The normalized spacial score (nSPS) is 20.7. The monoisotopic (exact) mass is 716 g/mol. The van der Waals surface area contributed by atoms with E-state index in [0.29, 0.717) is 49.8 Å². The number of hydrogen-bond donors (Lipinski definition) is 2. The van der Waals surface area contributed by atoms with Crippen molar-refractivity contribution in [3.05, 3.63) is 83.4 Å². The van der Waals surface area contributed by atoms with Gasteiger partial charge in [-0.3, -0.25) is 0 Å². The first kappa shape index (κ1) is 26.1. The molecule has 0 aliphatic carbocycles. The number of piperidine rings is 1. The van der Waals surface area contributed by atoms with Gasteiger partial charge in [0.05, 0.1) is 0 Å². The molecule has 0 saturated carbocycles. The summed E-state index contributed by atoms with van der Waals surface area (Å²) in [6.07, 6.45) is 5.29. The van der Waals surface area contributed by atoms with E-state index in [1.165, 1.54) is 6.07 Å². The Morgan fingerprint density at radius 2 is 1.87 bits per heavy atom. The second-order valence-corrected chi connectivity index (χ2v) is 12.3. The second-order valence-electron chi connectivity index (χ2n) is 10.4. The molecule has 6 rings (SSSR count). The van der Waals surface area contributed by atoms with Crippen LogP contribution < -0.4 is 10.9 Å². The number of hydrogen-bond acceptors (Lipinski definition) is 5. The molecule has 2 fully saturated rings. The SMILES string of the molecule is Cc1cc(-c2n[n]([Tl])c3ccc(C(=O)NNC(=O)C4CCC5CCC4N5Cc4ccccc4F)cc23)ccn1. The Hall–Kier alpha value is -3.19. The number of nitrogens with one attached hydrogen (secondary N) is 2. The van der Waals surface area contributed by atoms with Gasteiger partial charge in [-0.05, 0) is 12.5 Å². The summed E-state index contributed by atoms with van der Waals surface area (Å²) in [6, 6.07) is 16.6. The molecule has 10 heteroatoms. The summed E-state index contributed by atoms with van der Waals surface area (Å²) in [4.78, 5) is 32.9. The van der Waals surface area contributed by atoms with E-state index in [4.69, 9.17) is 5.10 Å². The Labute approximate surface area is 242 Å². The third kappa shape index (κ3) is 5.09. The van der Waals surface area contributed by atoms with Crippen LogP contribution in [0.4, 0.5) is 4.39 Å². The number of nitrogens with zero attached hydrogens (tertiary/aromatic N) is 4. The van der Waals surface area contributed by atoms with E-state index < -0.39 is 0 Å². The first-order chi connectivity index (χ1) is 18.9. The van der Waals surface area contributed by atoms with Crippen LogP contribution in [0.5, 0.6) is 0 Å². The molecule has 4 heterocycles. The number of fused-ring (bicyclic) bond motifs is 3. The summed E-state index contributed by atoms with van der Waals surface area (Å²) in [5.41, 5.74) is 10.0. The van der Waals surface area contributed by atoms with Crippen LogP contribution in [0.3, 0.4) is 0 Å². The van der Waals surface area contributed by atoms with Gasteiger partial charge >= 0.3 is 184 Å². The average molecular weight is 716 g/mol. The molecule has 2 aliphatic heterocycles. The number of aromatic nitrogens is 3. The number of halogens is 1. The van der Waals surface area contributed by atoms with Crippen molar-refractivity contribution >= 4 is 48.8 Å². The maximum atomic E-state index is 14.3. The van der Waals surface area contributed by atoms with Crippen molar-refractivity contribution in [3.8, 4) is 11.3 Å². The fraction of sp³-hybridized carbons (Fsp3) is 0.310. The van der Waals surface area contributed by atoms with Gasteiger partial charge in [-0.25, -0.2) is 4.39 Å². The molecule has 2 N–H and O–H groups in total. The molecule has 0 spiro atoms. The standard InChI is InChI=1S/C29H29FN6O2.Tl/c1-17-14-18(12-13-31-17)27-23-15-19(6-10-25(23)32-33-27)28(37)34-35-29(38)22-9-7-21-8-11-26(22)36(21)16-20-4-2-3-5-24(20)30;/h2-6,10,12-15,21-22,26H,7-9,11,16H2,1H3,(H3,31,32,33,34,35,37,38);/q;+1/p-1. The van der Waals surface area contributed by atoms with Crippen LogP contribution in [-0.4, -0.2) is 67.4 Å². The molecular weight excluding hydrogens is 688 g/mol. The summed E-state index contributed by atoms with van der Waals surface area (Å²) in [7, 11) is 0. The molecule has 3 unspecified atom stereocenters. The van der Waals surface area contributed by atoms with Crippen molar-refractivity contribution in [1.82, 2.24) is 28.3 Å². The van der Waals surface area contributed by atoms with Gasteiger partial charge in [0.15, 0.2) is 0 Å². The third-order valence-electron chi connectivity index (χ3n) is 8.05. The van der Waals surface area contributed by atoms with Gasteiger partial charge in [0.25, 0.3) is 0 Å². The number of hydrazine groups is 1. The van der Waals surface area contributed by atoms with Crippen molar-refractivity contribution in [2.75, 3.05) is 0 Å². The zero-order valence-corrected chi connectivity index (χ0v) is 26.1. The van der Waals surface area contributed by atoms with Gasteiger partial charge in [-0.2, -0.15) is 0 Å². The molecule has 2 bridgehead atoms. The van der Waals surface area contributed by atoms with E-state index in [1.807, 2.05) is 45.8 Å². The molecule has 3 atom stereocenters. The molecule has 2 saturated heterocycles. The summed E-state index contributed by atoms with van der Waals surface area (Å²) in [5.74, 6) is -1.06. The Balaban J connectivity index is 1.15. The van der Waals surface area contributed by atoms with E-state index in [9.17, 15) is 14.0 Å². The van der Waals surface area contributed by atoms with Crippen molar-refractivity contribution < 1.29 is 14.0 Å².